The summed E-state index contributed by atoms with van der Waals surface area (Å²) in [5.41, 5.74) is 8.52. The Kier molecular flexibility index (Phi) is 3.71. The van der Waals surface area contributed by atoms with Gasteiger partial charge in [-0.2, -0.15) is 0 Å². The van der Waals surface area contributed by atoms with Crippen molar-refractivity contribution in [2.75, 3.05) is 18.2 Å². The van der Waals surface area contributed by atoms with Crippen molar-refractivity contribution in [3.63, 3.8) is 0 Å². The molecule has 0 aromatic heterocycles. The van der Waals surface area contributed by atoms with Crippen molar-refractivity contribution in [1.29, 1.82) is 0 Å². The number of carbonyl (C=O) groups excluding carboxylic acids is 1. The lowest BCUT2D eigenvalue weighted by Crippen LogP contribution is -2.14. The minimum atomic E-state index is -0.217. The van der Waals surface area contributed by atoms with E-state index in [1.807, 2.05) is 19.1 Å². The highest BCUT2D eigenvalue weighted by Crippen LogP contribution is 2.23. The Labute approximate surface area is 112 Å². The second-order valence-corrected chi connectivity index (χ2v) is 4.17. The highest BCUT2D eigenvalue weighted by molar-refractivity contribution is 6.06. The summed E-state index contributed by atoms with van der Waals surface area (Å²) in [6, 6.07) is 12.5. The SMILES string of the molecule is COc1ccccc1C(=O)Nc1cccc(N)c1C. The number of anilines is 2. The number of hydrogen-bond donors (Lipinski definition) is 2. The highest BCUT2D eigenvalue weighted by Gasteiger charge is 2.12. The number of methoxy groups -OCH3 is 1. The molecule has 0 aliphatic heterocycles. The number of nitrogens with one attached hydrogen (secondary N) is 1. The van der Waals surface area contributed by atoms with Gasteiger partial charge in [0.05, 0.1) is 12.7 Å². The zero-order valence-corrected chi connectivity index (χ0v) is 10.9. The van der Waals surface area contributed by atoms with Crippen molar-refractivity contribution in [3.05, 3.63) is 53.6 Å². The third-order valence-corrected chi connectivity index (χ3v) is 2.98. The van der Waals surface area contributed by atoms with E-state index in [9.17, 15) is 4.79 Å². The van der Waals surface area contributed by atoms with Crippen LogP contribution < -0.4 is 15.8 Å². The maximum Gasteiger partial charge on any atom is 0.259 e. The predicted octanol–water partition coefficient (Wildman–Crippen LogP) is 2.84. The lowest BCUT2D eigenvalue weighted by Gasteiger charge is -2.12. The topological polar surface area (TPSA) is 64.3 Å². The summed E-state index contributed by atoms with van der Waals surface area (Å²) in [7, 11) is 1.54. The van der Waals surface area contributed by atoms with E-state index in [-0.39, 0.29) is 5.91 Å². The molecule has 0 aliphatic rings. The van der Waals surface area contributed by atoms with Crippen molar-refractivity contribution >= 4 is 17.3 Å². The van der Waals surface area contributed by atoms with Gasteiger partial charge in [-0.25, -0.2) is 0 Å². The van der Waals surface area contributed by atoms with E-state index in [1.54, 1.807) is 30.3 Å². The Balaban J connectivity index is 2.28. The van der Waals surface area contributed by atoms with Crippen LogP contribution in [0.2, 0.25) is 0 Å². The molecular formula is C15H16N2O2. The summed E-state index contributed by atoms with van der Waals surface area (Å²) in [6.45, 7) is 1.87. The van der Waals surface area contributed by atoms with Gasteiger partial charge in [-0.05, 0) is 36.8 Å². The van der Waals surface area contributed by atoms with Gasteiger partial charge in [-0.1, -0.05) is 18.2 Å². The molecule has 0 saturated carbocycles. The van der Waals surface area contributed by atoms with E-state index >= 15 is 0 Å². The van der Waals surface area contributed by atoms with Gasteiger partial charge in [-0.3, -0.25) is 4.79 Å². The number of ether oxygens (including phenoxy) is 1. The molecule has 0 aliphatic carbocycles. The molecule has 0 bridgehead atoms. The molecule has 0 saturated heterocycles. The first kappa shape index (κ1) is 13.0. The van der Waals surface area contributed by atoms with Crippen LogP contribution in [-0.2, 0) is 0 Å². The summed E-state index contributed by atoms with van der Waals surface area (Å²) < 4.78 is 5.17. The zero-order valence-electron chi connectivity index (χ0n) is 10.9. The molecule has 2 rings (SSSR count). The number of nitrogens with two attached hydrogens (primary N) is 1. The smallest absolute Gasteiger partial charge is 0.259 e. The lowest BCUT2D eigenvalue weighted by atomic mass is 10.1. The van der Waals surface area contributed by atoms with E-state index < -0.39 is 0 Å². The second kappa shape index (κ2) is 5.44. The van der Waals surface area contributed by atoms with Crippen molar-refractivity contribution < 1.29 is 9.53 Å². The Morgan fingerprint density at radius 1 is 1.16 bits per heavy atom. The summed E-state index contributed by atoms with van der Waals surface area (Å²) in [5, 5.41) is 2.84. The average molecular weight is 256 g/mol. The molecule has 0 atom stereocenters. The maximum atomic E-state index is 12.2. The number of benzene rings is 2. The maximum absolute atomic E-state index is 12.2. The normalized spacial score (nSPS) is 10.0. The van der Waals surface area contributed by atoms with Crippen LogP contribution in [0.3, 0.4) is 0 Å². The fraction of sp³-hybridized carbons (Fsp3) is 0.133. The molecule has 0 fully saturated rings. The fourth-order valence-electron chi connectivity index (χ4n) is 1.81. The molecule has 0 radical (unpaired) electrons. The fourth-order valence-corrected chi connectivity index (χ4v) is 1.81. The Morgan fingerprint density at radius 3 is 2.63 bits per heavy atom. The Bertz CT molecular complexity index is 609. The predicted molar refractivity (Wildman–Crippen MR) is 76.5 cm³/mol. The molecule has 4 nitrogen and oxygen atoms in total. The molecule has 3 N–H and O–H groups in total. The van der Waals surface area contributed by atoms with Gasteiger partial charge in [0.25, 0.3) is 5.91 Å². The number of rotatable bonds is 3. The van der Waals surface area contributed by atoms with Crippen molar-refractivity contribution in [2.45, 2.75) is 6.92 Å². The van der Waals surface area contributed by atoms with Gasteiger partial charge in [0, 0.05) is 11.4 Å². The van der Waals surface area contributed by atoms with Crippen LogP contribution in [0.4, 0.5) is 11.4 Å². The standard InChI is InChI=1S/C15H16N2O2/c1-10-12(16)7-5-8-13(10)17-15(18)11-6-3-4-9-14(11)19-2/h3-9H,16H2,1-2H3,(H,17,18). The zero-order chi connectivity index (χ0) is 13.8. The molecule has 19 heavy (non-hydrogen) atoms. The second-order valence-electron chi connectivity index (χ2n) is 4.17. The van der Waals surface area contributed by atoms with Crippen molar-refractivity contribution in [2.24, 2.45) is 0 Å². The molecule has 98 valence electrons. The molecule has 0 heterocycles. The van der Waals surface area contributed by atoms with Crippen LogP contribution >= 0.6 is 0 Å². The van der Waals surface area contributed by atoms with E-state index in [4.69, 9.17) is 10.5 Å². The monoisotopic (exact) mass is 256 g/mol. The van der Waals surface area contributed by atoms with Crippen LogP contribution in [0, 0.1) is 6.92 Å². The van der Waals surface area contributed by atoms with Crippen LogP contribution in [0.1, 0.15) is 15.9 Å². The van der Waals surface area contributed by atoms with Gasteiger partial charge < -0.3 is 15.8 Å². The third kappa shape index (κ3) is 2.68. The van der Waals surface area contributed by atoms with Gasteiger partial charge in [0.2, 0.25) is 0 Å². The Hall–Kier alpha value is -2.49. The Morgan fingerprint density at radius 2 is 1.89 bits per heavy atom. The van der Waals surface area contributed by atoms with E-state index in [1.165, 1.54) is 7.11 Å². The minimum absolute atomic E-state index is 0.217. The number of carbonyl (C=O) groups is 1. The molecule has 2 aromatic rings. The van der Waals surface area contributed by atoms with Crippen LogP contribution in [-0.4, -0.2) is 13.0 Å². The average Bonchev–Trinajstić information content (AvgIpc) is 2.43. The first-order valence-electron chi connectivity index (χ1n) is 5.93. The molecular weight excluding hydrogens is 240 g/mol. The van der Waals surface area contributed by atoms with Gasteiger partial charge >= 0.3 is 0 Å². The highest BCUT2D eigenvalue weighted by atomic mass is 16.5. The third-order valence-electron chi connectivity index (χ3n) is 2.98. The number of para-hydroxylation sites is 1. The summed E-state index contributed by atoms with van der Waals surface area (Å²) >= 11 is 0. The summed E-state index contributed by atoms with van der Waals surface area (Å²) in [5.74, 6) is 0.327. The molecule has 0 unspecified atom stereocenters. The van der Waals surface area contributed by atoms with E-state index in [2.05, 4.69) is 5.32 Å². The quantitative estimate of drug-likeness (QED) is 0.830. The van der Waals surface area contributed by atoms with Crippen LogP contribution in [0.5, 0.6) is 5.75 Å². The van der Waals surface area contributed by atoms with E-state index in [0.717, 1.165) is 5.56 Å². The van der Waals surface area contributed by atoms with Crippen molar-refractivity contribution in [3.8, 4) is 5.75 Å². The number of amides is 1. The number of nitrogen functional groups attached to an aromatic ring is 1. The molecule has 2 aromatic carbocycles. The van der Waals surface area contributed by atoms with Gasteiger partial charge in [0.1, 0.15) is 5.75 Å². The first-order chi connectivity index (χ1) is 9.13. The number of hydrogen-bond acceptors (Lipinski definition) is 3. The lowest BCUT2D eigenvalue weighted by molar-refractivity contribution is 0.102. The molecule has 4 heteroatoms. The van der Waals surface area contributed by atoms with E-state index in [0.29, 0.717) is 22.7 Å². The molecule has 1 amide bonds. The van der Waals surface area contributed by atoms with Gasteiger partial charge in [-0.15, -0.1) is 0 Å². The molecule has 0 spiro atoms. The largest absolute Gasteiger partial charge is 0.496 e. The van der Waals surface area contributed by atoms with Gasteiger partial charge in [0.15, 0.2) is 0 Å². The summed E-state index contributed by atoms with van der Waals surface area (Å²) in [4.78, 5) is 12.2. The minimum Gasteiger partial charge on any atom is -0.496 e. The summed E-state index contributed by atoms with van der Waals surface area (Å²) in [6.07, 6.45) is 0. The van der Waals surface area contributed by atoms with Crippen LogP contribution in [0.25, 0.3) is 0 Å². The van der Waals surface area contributed by atoms with Crippen molar-refractivity contribution in [1.82, 2.24) is 0 Å². The first-order valence-corrected chi connectivity index (χ1v) is 5.93. The van der Waals surface area contributed by atoms with Crippen LogP contribution in [0.15, 0.2) is 42.5 Å².